The highest BCUT2D eigenvalue weighted by atomic mass is 32.2. The third-order valence-corrected chi connectivity index (χ3v) is 4.58. The summed E-state index contributed by atoms with van der Waals surface area (Å²) in [5.74, 6) is 2.02. The van der Waals surface area contributed by atoms with Crippen molar-refractivity contribution in [1.82, 2.24) is 10.2 Å². The highest BCUT2D eigenvalue weighted by Crippen LogP contribution is 2.27. The molecule has 1 aliphatic heterocycles. The molecule has 0 unspecified atom stereocenters. The van der Waals surface area contributed by atoms with Crippen LogP contribution in [0, 0.1) is 5.41 Å². The molecular formula is C16H24N2O3S. The van der Waals surface area contributed by atoms with E-state index < -0.39 is 5.41 Å². The third kappa shape index (κ3) is 4.06. The average Bonchev–Trinajstić information content (AvgIpc) is 3.06. The predicted octanol–water partition coefficient (Wildman–Crippen LogP) is 2.27. The van der Waals surface area contributed by atoms with Crippen LogP contribution in [0.1, 0.15) is 33.5 Å². The van der Waals surface area contributed by atoms with E-state index in [-0.39, 0.29) is 23.9 Å². The van der Waals surface area contributed by atoms with E-state index in [0.29, 0.717) is 18.1 Å². The second kappa shape index (κ2) is 6.77. The number of nitrogens with zero attached hydrogens (tertiary/aromatic N) is 1. The molecule has 0 aromatic carbocycles. The number of nitrogens with one attached hydrogen (secondary N) is 1. The van der Waals surface area contributed by atoms with Crippen LogP contribution >= 0.6 is 11.8 Å². The van der Waals surface area contributed by atoms with Crippen molar-refractivity contribution in [3.63, 3.8) is 0 Å². The van der Waals surface area contributed by atoms with Gasteiger partial charge in [-0.2, -0.15) is 0 Å². The van der Waals surface area contributed by atoms with Gasteiger partial charge in [-0.1, -0.05) is 20.8 Å². The fourth-order valence-corrected chi connectivity index (χ4v) is 3.57. The molecule has 0 radical (unpaired) electrons. The molecule has 1 saturated heterocycles. The largest absolute Gasteiger partial charge is 0.469 e. The monoisotopic (exact) mass is 324 g/mol. The summed E-state index contributed by atoms with van der Waals surface area (Å²) in [6.07, 6.45) is 2.27. The number of carbonyl (C=O) groups excluding carboxylic acids is 2. The Bertz CT molecular complexity index is 522. The minimum atomic E-state index is -0.469. The second-order valence-electron chi connectivity index (χ2n) is 6.73. The van der Waals surface area contributed by atoms with Gasteiger partial charge >= 0.3 is 0 Å². The van der Waals surface area contributed by atoms with Gasteiger partial charge in [-0.25, -0.2) is 0 Å². The van der Waals surface area contributed by atoms with Crippen LogP contribution in [-0.2, 0) is 16.0 Å². The van der Waals surface area contributed by atoms with Gasteiger partial charge in [0.15, 0.2) is 0 Å². The first kappa shape index (κ1) is 16.9. The zero-order valence-electron chi connectivity index (χ0n) is 13.6. The molecule has 2 rings (SSSR count). The molecule has 0 spiro atoms. The van der Waals surface area contributed by atoms with E-state index in [4.69, 9.17) is 4.42 Å². The number of thioether (sulfide) groups is 1. The lowest BCUT2D eigenvalue weighted by Crippen LogP contribution is -2.52. The van der Waals surface area contributed by atoms with Crippen LogP contribution in [0.15, 0.2) is 22.8 Å². The fraction of sp³-hybridized carbons (Fsp3) is 0.625. The molecule has 2 atom stereocenters. The molecule has 1 aromatic heterocycles. The molecule has 0 aliphatic carbocycles. The highest BCUT2D eigenvalue weighted by molar-refractivity contribution is 7.99. The van der Waals surface area contributed by atoms with Crippen LogP contribution in [0.3, 0.4) is 0 Å². The van der Waals surface area contributed by atoms with Crippen molar-refractivity contribution >= 4 is 23.6 Å². The maximum Gasteiger partial charge on any atom is 0.243 e. The van der Waals surface area contributed by atoms with Crippen molar-refractivity contribution in [3.8, 4) is 0 Å². The maximum absolute atomic E-state index is 12.5. The molecule has 5 nitrogen and oxygen atoms in total. The first-order valence-corrected chi connectivity index (χ1v) is 8.66. The van der Waals surface area contributed by atoms with E-state index in [1.54, 1.807) is 22.9 Å². The SMILES string of the molecule is C[C@@H](Cc1ccco1)NC(=O)[C@@H]1CSCN1C(=O)C(C)(C)C. The minimum Gasteiger partial charge on any atom is -0.469 e. The Morgan fingerprint density at radius 1 is 1.50 bits per heavy atom. The van der Waals surface area contributed by atoms with Crippen LogP contribution in [-0.4, -0.2) is 40.4 Å². The molecule has 22 heavy (non-hydrogen) atoms. The molecule has 2 heterocycles. The quantitative estimate of drug-likeness (QED) is 0.923. The fourth-order valence-electron chi connectivity index (χ4n) is 2.41. The summed E-state index contributed by atoms with van der Waals surface area (Å²) < 4.78 is 5.30. The van der Waals surface area contributed by atoms with Crippen molar-refractivity contribution in [2.45, 2.75) is 46.2 Å². The van der Waals surface area contributed by atoms with Crippen LogP contribution in [0.5, 0.6) is 0 Å². The molecule has 6 heteroatoms. The standard InChI is InChI=1S/C16H24N2O3S/c1-11(8-12-6-5-7-21-12)17-14(19)13-9-22-10-18(13)15(20)16(2,3)4/h5-7,11,13H,8-10H2,1-4H3,(H,17,19)/t11-,13-/m0/s1. The Hall–Kier alpha value is -1.43. The normalized spacial score (nSPS) is 20.0. The van der Waals surface area contributed by atoms with Crippen molar-refractivity contribution in [2.75, 3.05) is 11.6 Å². The number of furan rings is 1. The van der Waals surface area contributed by atoms with Gasteiger partial charge in [-0.3, -0.25) is 9.59 Å². The minimum absolute atomic E-state index is 0.0244. The number of amides is 2. The van der Waals surface area contributed by atoms with Crippen molar-refractivity contribution in [3.05, 3.63) is 24.2 Å². The van der Waals surface area contributed by atoms with Gasteiger partial charge in [0.1, 0.15) is 11.8 Å². The van der Waals surface area contributed by atoms with Crippen molar-refractivity contribution in [2.24, 2.45) is 5.41 Å². The molecule has 122 valence electrons. The zero-order valence-corrected chi connectivity index (χ0v) is 14.4. The Balaban J connectivity index is 1.94. The summed E-state index contributed by atoms with van der Waals surface area (Å²) in [7, 11) is 0. The summed E-state index contributed by atoms with van der Waals surface area (Å²) in [4.78, 5) is 26.6. The van der Waals surface area contributed by atoms with Crippen molar-refractivity contribution in [1.29, 1.82) is 0 Å². The number of carbonyl (C=O) groups is 2. The summed E-state index contributed by atoms with van der Waals surface area (Å²) >= 11 is 1.62. The van der Waals surface area contributed by atoms with Gasteiger partial charge in [-0.15, -0.1) is 11.8 Å². The molecule has 0 bridgehead atoms. The molecule has 2 amide bonds. The van der Waals surface area contributed by atoms with E-state index in [9.17, 15) is 9.59 Å². The zero-order chi connectivity index (χ0) is 16.3. The summed E-state index contributed by atoms with van der Waals surface area (Å²) in [5.41, 5.74) is -0.469. The number of rotatable bonds is 4. The smallest absolute Gasteiger partial charge is 0.243 e. The van der Waals surface area contributed by atoms with Gasteiger partial charge in [0.25, 0.3) is 0 Å². The predicted molar refractivity (Wildman–Crippen MR) is 87.4 cm³/mol. The van der Waals surface area contributed by atoms with Gasteiger partial charge in [0.2, 0.25) is 11.8 Å². The Morgan fingerprint density at radius 2 is 2.23 bits per heavy atom. The van der Waals surface area contributed by atoms with Crippen LogP contribution < -0.4 is 5.32 Å². The van der Waals surface area contributed by atoms with E-state index in [1.807, 2.05) is 39.8 Å². The first-order chi connectivity index (χ1) is 10.3. The van der Waals surface area contributed by atoms with Crippen LogP contribution in [0.25, 0.3) is 0 Å². The average molecular weight is 324 g/mol. The lowest BCUT2D eigenvalue weighted by Gasteiger charge is -2.30. The Kier molecular flexibility index (Phi) is 5.21. The summed E-state index contributed by atoms with van der Waals surface area (Å²) in [5, 5.41) is 2.99. The van der Waals surface area contributed by atoms with E-state index in [2.05, 4.69) is 5.32 Å². The van der Waals surface area contributed by atoms with Gasteiger partial charge < -0.3 is 14.6 Å². The number of hydrogen-bond acceptors (Lipinski definition) is 4. The molecule has 1 aromatic rings. The van der Waals surface area contributed by atoms with E-state index in [1.165, 1.54) is 0 Å². The maximum atomic E-state index is 12.5. The van der Waals surface area contributed by atoms with Gasteiger partial charge in [0, 0.05) is 23.6 Å². The second-order valence-corrected chi connectivity index (χ2v) is 7.73. The Labute approximate surface area is 135 Å². The highest BCUT2D eigenvalue weighted by Gasteiger charge is 2.39. The Morgan fingerprint density at radius 3 is 2.82 bits per heavy atom. The third-order valence-electron chi connectivity index (χ3n) is 3.56. The van der Waals surface area contributed by atoms with Crippen LogP contribution in [0.2, 0.25) is 0 Å². The van der Waals surface area contributed by atoms with Gasteiger partial charge in [0.05, 0.1) is 12.1 Å². The lowest BCUT2D eigenvalue weighted by atomic mass is 9.94. The molecule has 1 N–H and O–H groups in total. The molecular weight excluding hydrogens is 300 g/mol. The van der Waals surface area contributed by atoms with Gasteiger partial charge in [-0.05, 0) is 19.1 Å². The lowest BCUT2D eigenvalue weighted by molar-refractivity contribution is -0.144. The first-order valence-electron chi connectivity index (χ1n) is 7.50. The topological polar surface area (TPSA) is 62.6 Å². The van der Waals surface area contributed by atoms with Crippen LogP contribution in [0.4, 0.5) is 0 Å². The van der Waals surface area contributed by atoms with E-state index in [0.717, 1.165) is 5.76 Å². The van der Waals surface area contributed by atoms with Crippen molar-refractivity contribution < 1.29 is 14.0 Å². The van der Waals surface area contributed by atoms with E-state index >= 15 is 0 Å². The molecule has 0 saturated carbocycles. The summed E-state index contributed by atoms with van der Waals surface area (Å²) in [6, 6.07) is 3.32. The number of hydrogen-bond donors (Lipinski definition) is 1. The summed E-state index contributed by atoms with van der Waals surface area (Å²) in [6.45, 7) is 7.59. The molecule has 1 aliphatic rings. The molecule has 1 fully saturated rings.